The predicted octanol–water partition coefficient (Wildman–Crippen LogP) is 9.76. The third-order valence-corrected chi connectivity index (χ3v) is 8.56. The molecule has 1 aromatic heterocycles. The van der Waals surface area contributed by atoms with Crippen molar-refractivity contribution >= 4 is 5.57 Å². The first-order valence-electron chi connectivity index (χ1n) is 14.2. The smallest absolute Gasteiger partial charge is 0.160 e. The molecule has 0 saturated carbocycles. The van der Waals surface area contributed by atoms with Gasteiger partial charge in [-0.2, -0.15) is 0 Å². The number of hydrogen-bond acceptors (Lipinski definition) is 2. The van der Waals surface area contributed by atoms with E-state index in [-0.39, 0.29) is 5.41 Å². The highest BCUT2D eigenvalue weighted by molar-refractivity contribution is 5.93. The van der Waals surface area contributed by atoms with Gasteiger partial charge in [-0.25, -0.2) is 9.97 Å². The molecule has 0 aliphatic heterocycles. The summed E-state index contributed by atoms with van der Waals surface area (Å²) in [5.41, 5.74) is 13.3. The second kappa shape index (κ2) is 9.57. The minimum absolute atomic E-state index is 0.0233. The number of benzene rings is 4. The molecule has 0 radical (unpaired) electrons. The van der Waals surface area contributed by atoms with Gasteiger partial charge in [0.15, 0.2) is 5.82 Å². The second-order valence-electron chi connectivity index (χ2n) is 11.5. The van der Waals surface area contributed by atoms with Gasteiger partial charge >= 0.3 is 0 Å². The number of fused-ring (bicyclic) bond motifs is 3. The van der Waals surface area contributed by atoms with Gasteiger partial charge in [-0.1, -0.05) is 130 Å². The van der Waals surface area contributed by atoms with Crippen LogP contribution in [-0.4, -0.2) is 9.97 Å². The summed E-state index contributed by atoms with van der Waals surface area (Å²) < 4.78 is 0. The van der Waals surface area contributed by atoms with E-state index in [1.807, 2.05) is 18.2 Å². The lowest BCUT2D eigenvalue weighted by Gasteiger charge is -2.21. The summed E-state index contributed by atoms with van der Waals surface area (Å²) in [6.07, 6.45) is 7.61. The van der Waals surface area contributed by atoms with Crippen LogP contribution in [0, 0.1) is 5.92 Å². The van der Waals surface area contributed by atoms with Gasteiger partial charge in [0.05, 0.1) is 11.4 Å². The summed E-state index contributed by atoms with van der Waals surface area (Å²) >= 11 is 0. The van der Waals surface area contributed by atoms with Crippen molar-refractivity contribution in [1.82, 2.24) is 9.97 Å². The van der Waals surface area contributed by atoms with Crippen LogP contribution < -0.4 is 0 Å². The Morgan fingerprint density at radius 3 is 2.17 bits per heavy atom. The third-order valence-electron chi connectivity index (χ3n) is 8.56. The molecule has 0 amide bonds. The molecule has 40 heavy (non-hydrogen) atoms. The van der Waals surface area contributed by atoms with Gasteiger partial charge in [-0.3, -0.25) is 0 Å². The van der Waals surface area contributed by atoms with Crippen LogP contribution in [0.2, 0.25) is 0 Å². The van der Waals surface area contributed by atoms with Crippen molar-refractivity contribution in [1.29, 1.82) is 0 Å². The zero-order valence-electron chi connectivity index (χ0n) is 23.2. The highest BCUT2D eigenvalue weighted by Gasteiger charge is 2.36. The average Bonchev–Trinajstić information content (AvgIpc) is 3.24. The molecule has 0 N–H and O–H groups in total. The fourth-order valence-electron chi connectivity index (χ4n) is 6.38. The maximum atomic E-state index is 5.10. The topological polar surface area (TPSA) is 25.8 Å². The molecule has 2 heteroatoms. The highest BCUT2D eigenvalue weighted by atomic mass is 14.9. The van der Waals surface area contributed by atoms with Crippen LogP contribution in [0.3, 0.4) is 0 Å². The van der Waals surface area contributed by atoms with Crippen LogP contribution in [0.15, 0.2) is 121 Å². The van der Waals surface area contributed by atoms with E-state index >= 15 is 0 Å². The lowest BCUT2D eigenvalue weighted by molar-refractivity contribution is 0.660. The zero-order chi connectivity index (χ0) is 27.3. The highest BCUT2D eigenvalue weighted by Crippen LogP contribution is 2.52. The Bertz CT molecular complexity index is 1810. The molecule has 2 aliphatic rings. The van der Waals surface area contributed by atoms with E-state index < -0.39 is 0 Å². The SMILES string of the molecule is C[C@@H]1CC=CC=C1c1cc(-c2cccc(-c3cccc4c3-c3ccccc3C4(C)C)c2)nc(-c2ccccc2)n1. The quantitative estimate of drug-likeness (QED) is 0.238. The molecular formula is C38H32N2. The van der Waals surface area contributed by atoms with Crippen LogP contribution in [0.1, 0.15) is 44.0 Å². The summed E-state index contributed by atoms with van der Waals surface area (Å²) in [7, 11) is 0. The number of hydrogen-bond donors (Lipinski definition) is 0. The lowest BCUT2D eigenvalue weighted by Crippen LogP contribution is -2.14. The molecule has 5 aromatic rings. The Morgan fingerprint density at radius 2 is 1.32 bits per heavy atom. The van der Waals surface area contributed by atoms with Gasteiger partial charge in [0.2, 0.25) is 0 Å². The van der Waals surface area contributed by atoms with Crippen LogP contribution in [0.5, 0.6) is 0 Å². The molecule has 2 nitrogen and oxygen atoms in total. The molecule has 4 aromatic carbocycles. The van der Waals surface area contributed by atoms with Crippen LogP contribution >= 0.6 is 0 Å². The lowest BCUT2D eigenvalue weighted by atomic mass is 9.82. The first-order chi connectivity index (χ1) is 19.5. The summed E-state index contributed by atoms with van der Waals surface area (Å²) in [6.45, 7) is 6.94. The second-order valence-corrected chi connectivity index (χ2v) is 11.5. The molecule has 0 fully saturated rings. The molecular weight excluding hydrogens is 484 g/mol. The fraction of sp³-hybridized carbons (Fsp3) is 0.158. The Hall–Kier alpha value is -4.56. The number of aromatic nitrogens is 2. The van der Waals surface area contributed by atoms with E-state index in [0.29, 0.717) is 5.92 Å². The fourth-order valence-corrected chi connectivity index (χ4v) is 6.38. The Labute approximate surface area is 236 Å². The van der Waals surface area contributed by atoms with E-state index in [2.05, 4.69) is 124 Å². The average molecular weight is 517 g/mol. The standard InChI is InChI=1S/C38H32N2/c1-25-13-7-8-18-29(25)35-24-34(39-37(40-35)26-14-5-4-6-15-26)28-17-11-16-27(23-28)30-20-12-22-33-36(30)31-19-9-10-21-32(31)38(33,2)3/h4-12,14-25H,13H2,1-3H3/t25-/m1/s1. The first kappa shape index (κ1) is 24.5. The Kier molecular flexibility index (Phi) is 5.86. The van der Waals surface area contributed by atoms with Crippen molar-refractivity contribution in [3.8, 4) is 44.9 Å². The minimum Gasteiger partial charge on any atom is -0.228 e. The number of nitrogens with zero attached hydrogens (tertiary/aromatic N) is 2. The number of allylic oxidation sites excluding steroid dienone is 4. The van der Waals surface area contributed by atoms with Gasteiger partial charge < -0.3 is 0 Å². The zero-order valence-corrected chi connectivity index (χ0v) is 23.2. The summed E-state index contributed by atoms with van der Waals surface area (Å²) in [5.74, 6) is 1.18. The molecule has 194 valence electrons. The van der Waals surface area contributed by atoms with E-state index in [9.17, 15) is 0 Å². The van der Waals surface area contributed by atoms with Gasteiger partial charge in [-0.05, 0) is 63.4 Å². The van der Waals surface area contributed by atoms with Crippen molar-refractivity contribution in [2.24, 2.45) is 5.92 Å². The molecule has 1 heterocycles. The monoisotopic (exact) mass is 516 g/mol. The van der Waals surface area contributed by atoms with Crippen molar-refractivity contribution in [2.75, 3.05) is 0 Å². The van der Waals surface area contributed by atoms with Crippen molar-refractivity contribution in [3.63, 3.8) is 0 Å². The Balaban J connectivity index is 1.39. The van der Waals surface area contributed by atoms with Crippen molar-refractivity contribution < 1.29 is 0 Å². The van der Waals surface area contributed by atoms with E-state index in [1.54, 1.807) is 0 Å². The van der Waals surface area contributed by atoms with Crippen LogP contribution in [-0.2, 0) is 5.41 Å². The van der Waals surface area contributed by atoms with E-state index in [4.69, 9.17) is 9.97 Å². The van der Waals surface area contributed by atoms with Gasteiger partial charge in [-0.15, -0.1) is 0 Å². The largest absolute Gasteiger partial charge is 0.228 e. The van der Waals surface area contributed by atoms with Crippen molar-refractivity contribution in [2.45, 2.75) is 32.6 Å². The predicted molar refractivity (Wildman–Crippen MR) is 167 cm³/mol. The van der Waals surface area contributed by atoms with E-state index in [0.717, 1.165) is 34.8 Å². The van der Waals surface area contributed by atoms with Gasteiger partial charge in [0.1, 0.15) is 0 Å². The van der Waals surface area contributed by atoms with Crippen molar-refractivity contribution in [3.05, 3.63) is 138 Å². The van der Waals surface area contributed by atoms with E-state index in [1.165, 1.54) is 39.0 Å². The Morgan fingerprint density at radius 1 is 0.650 bits per heavy atom. The molecule has 0 unspecified atom stereocenters. The summed E-state index contributed by atoms with van der Waals surface area (Å²) in [4.78, 5) is 10.2. The first-order valence-corrected chi connectivity index (χ1v) is 14.2. The molecule has 2 aliphatic carbocycles. The van der Waals surface area contributed by atoms with Crippen LogP contribution in [0.25, 0.3) is 50.5 Å². The van der Waals surface area contributed by atoms with Crippen LogP contribution in [0.4, 0.5) is 0 Å². The molecule has 7 rings (SSSR count). The third kappa shape index (κ3) is 4.03. The van der Waals surface area contributed by atoms with Gasteiger partial charge in [0, 0.05) is 16.5 Å². The maximum Gasteiger partial charge on any atom is 0.160 e. The molecule has 0 bridgehead atoms. The molecule has 0 saturated heterocycles. The summed E-state index contributed by atoms with van der Waals surface area (Å²) in [6, 6.07) is 36.9. The normalized spacial score (nSPS) is 16.8. The molecule has 1 atom stereocenters. The molecule has 0 spiro atoms. The summed E-state index contributed by atoms with van der Waals surface area (Å²) in [5, 5.41) is 0. The minimum atomic E-state index is -0.0233. The van der Waals surface area contributed by atoms with Gasteiger partial charge in [0.25, 0.3) is 0 Å². The maximum absolute atomic E-state index is 5.10. The number of rotatable bonds is 4.